The van der Waals surface area contributed by atoms with E-state index in [0.717, 1.165) is 0 Å². The number of hydrogen-bond donors (Lipinski definition) is 0. The number of benzene rings is 1. The zero-order valence-corrected chi connectivity index (χ0v) is 17.3. The van der Waals surface area contributed by atoms with Gasteiger partial charge in [-0.05, 0) is 46.8 Å². The summed E-state index contributed by atoms with van der Waals surface area (Å²) in [4.78, 5) is 19.0. The lowest BCUT2D eigenvalue weighted by Crippen LogP contribution is -2.35. The van der Waals surface area contributed by atoms with Gasteiger partial charge >= 0.3 is 6.09 Å². The summed E-state index contributed by atoms with van der Waals surface area (Å²) in [7, 11) is 0. The second-order valence-electron chi connectivity index (χ2n) is 7.20. The van der Waals surface area contributed by atoms with Crippen LogP contribution in [0.3, 0.4) is 0 Å². The van der Waals surface area contributed by atoms with Crippen LogP contribution in [0.5, 0.6) is 5.75 Å². The molecule has 0 atom stereocenters. The second kappa shape index (κ2) is 7.67. The Labute approximate surface area is 168 Å². The molecule has 0 bridgehead atoms. The van der Waals surface area contributed by atoms with Crippen LogP contribution in [0, 0.1) is 6.92 Å². The minimum atomic E-state index is -0.680. The molecule has 0 fully saturated rings. The fourth-order valence-electron chi connectivity index (χ4n) is 2.74. The molecule has 0 unspecified atom stereocenters. The standard InChI is InChI=1S/C20H23ClN4O3/c1-6-27-15-9-7-8-14(12-15)24(19(26)28-20(3,4)5)18-13(2)17(21)23-16-10-11-22-25(16)18/h7-12H,6H2,1-5H3. The first kappa shape index (κ1) is 19.9. The Hall–Kier alpha value is -2.80. The highest BCUT2D eigenvalue weighted by molar-refractivity contribution is 6.30. The van der Waals surface area contributed by atoms with Crippen molar-refractivity contribution in [2.24, 2.45) is 0 Å². The minimum absolute atomic E-state index is 0.289. The van der Waals surface area contributed by atoms with Crippen LogP contribution in [-0.2, 0) is 4.74 Å². The van der Waals surface area contributed by atoms with Crippen LogP contribution >= 0.6 is 11.6 Å². The SMILES string of the molecule is CCOc1cccc(N(C(=O)OC(C)(C)C)c2c(C)c(Cl)nc3ccnn23)c1. The number of anilines is 2. The number of aromatic nitrogens is 3. The van der Waals surface area contributed by atoms with Gasteiger partial charge < -0.3 is 9.47 Å². The number of carbonyl (C=O) groups is 1. The molecule has 7 nitrogen and oxygen atoms in total. The normalized spacial score (nSPS) is 11.5. The number of rotatable bonds is 4. The Kier molecular flexibility index (Phi) is 5.47. The minimum Gasteiger partial charge on any atom is -0.494 e. The van der Waals surface area contributed by atoms with Gasteiger partial charge in [0.15, 0.2) is 11.5 Å². The predicted molar refractivity (Wildman–Crippen MR) is 109 cm³/mol. The molecule has 3 aromatic rings. The van der Waals surface area contributed by atoms with Gasteiger partial charge in [0.05, 0.1) is 18.5 Å². The number of carbonyl (C=O) groups excluding carboxylic acids is 1. The Morgan fingerprint density at radius 2 is 2.04 bits per heavy atom. The van der Waals surface area contributed by atoms with E-state index in [2.05, 4.69) is 10.1 Å². The average Bonchev–Trinajstić information content (AvgIpc) is 3.05. The largest absolute Gasteiger partial charge is 0.494 e. The number of amides is 1. The molecule has 0 aliphatic heterocycles. The van der Waals surface area contributed by atoms with E-state index < -0.39 is 11.7 Å². The topological polar surface area (TPSA) is 69.0 Å². The number of ether oxygens (including phenoxy) is 2. The fraction of sp³-hybridized carbons (Fsp3) is 0.350. The van der Waals surface area contributed by atoms with Crippen LogP contribution in [0.2, 0.25) is 5.15 Å². The Morgan fingerprint density at radius 1 is 1.29 bits per heavy atom. The van der Waals surface area contributed by atoms with Crippen molar-refractivity contribution in [3.8, 4) is 5.75 Å². The lowest BCUT2D eigenvalue weighted by molar-refractivity contribution is 0.0597. The Morgan fingerprint density at radius 3 is 2.71 bits per heavy atom. The molecule has 2 aromatic heterocycles. The quantitative estimate of drug-likeness (QED) is 0.563. The molecule has 0 saturated carbocycles. The summed E-state index contributed by atoms with van der Waals surface area (Å²) in [5.74, 6) is 1.10. The highest BCUT2D eigenvalue weighted by Gasteiger charge is 2.29. The highest BCUT2D eigenvalue weighted by Crippen LogP contribution is 2.34. The molecule has 0 aliphatic carbocycles. The van der Waals surface area contributed by atoms with Gasteiger partial charge in [-0.1, -0.05) is 17.7 Å². The summed E-state index contributed by atoms with van der Waals surface area (Å²) in [5, 5.41) is 4.61. The van der Waals surface area contributed by atoms with Gasteiger partial charge in [0, 0.05) is 17.7 Å². The maximum absolute atomic E-state index is 13.2. The molecule has 8 heteroatoms. The van der Waals surface area contributed by atoms with E-state index in [1.807, 2.05) is 39.8 Å². The monoisotopic (exact) mass is 402 g/mol. The zero-order chi connectivity index (χ0) is 20.5. The molecular formula is C20H23ClN4O3. The molecule has 0 radical (unpaired) electrons. The first-order valence-corrected chi connectivity index (χ1v) is 9.35. The lowest BCUT2D eigenvalue weighted by atomic mass is 10.2. The first-order chi connectivity index (χ1) is 13.2. The molecular weight excluding hydrogens is 380 g/mol. The van der Waals surface area contributed by atoms with Crippen molar-refractivity contribution in [2.75, 3.05) is 11.5 Å². The van der Waals surface area contributed by atoms with Crippen LogP contribution in [0.15, 0.2) is 36.5 Å². The van der Waals surface area contributed by atoms with Crippen LogP contribution in [0.25, 0.3) is 5.65 Å². The van der Waals surface area contributed by atoms with Crippen molar-refractivity contribution in [1.82, 2.24) is 14.6 Å². The van der Waals surface area contributed by atoms with Crippen molar-refractivity contribution in [3.63, 3.8) is 0 Å². The van der Waals surface area contributed by atoms with Crippen LogP contribution in [0.1, 0.15) is 33.3 Å². The van der Waals surface area contributed by atoms with Crippen molar-refractivity contribution in [2.45, 2.75) is 40.2 Å². The first-order valence-electron chi connectivity index (χ1n) is 8.97. The maximum Gasteiger partial charge on any atom is 0.420 e. The molecule has 1 amide bonds. The van der Waals surface area contributed by atoms with Crippen LogP contribution in [-0.4, -0.2) is 32.9 Å². The average molecular weight is 403 g/mol. The Bertz CT molecular complexity index is 1010. The van der Waals surface area contributed by atoms with E-state index in [9.17, 15) is 4.79 Å². The van der Waals surface area contributed by atoms with E-state index in [1.165, 1.54) is 4.90 Å². The van der Waals surface area contributed by atoms with E-state index in [1.54, 1.807) is 35.8 Å². The summed E-state index contributed by atoms with van der Waals surface area (Å²) < 4.78 is 12.8. The van der Waals surface area contributed by atoms with E-state index in [0.29, 0.717) is 35.1 Å². The number of hydrogen-bond acceptors (Lipinski definition) is 5. The van der Waals surface area contributed by atoms with Gasteiger partial charge in [0.1, 0.15) is 16.5 Å². The highest BCUT2D eigenvalue weighted by atomic mass is 35.5. The van der Waals surface area contributed by atoms with Crippen LogP contribution < -0.4 is 9.64 Å². The summed E-state index contributed by atoms with van der Waals surface area (Å²) in [5.41, 5.74) is 1.02. The predicted octanol–water partition coefficient (Wildman–Crippen LogP) is 5.16. The summed E-state index contributed by atoms with van der Waals surface area (Å²) >= 11 is 6.34. The summed E-state index contributed by atoms with van der Waals surface area (Å²) in [6, 6.07) is 8.94. The Balaban J connectivity index is 2.23. The van der Waals surface area contributed by atoms with Gasteiger partial charge in [-0.15, -0.1) is 0 Å². The molecule has 0 aliphatic rings. The molecule has 1 aromatic carbocycles. The molecule has 0 spiro atoms. The molecule has 2 heterocycles. The third-order valence-electron chi connectivity index (χ3n) is 3.86. The van der Waals surface area contributed by atoms with Gasteiger partial charge in [0.2, 0.25) is 0 Å². The fourth-order valence-corrected chi connectivity index (χ4v) is 2.91. The summed E-state index contributed by atoms with van der Waals surface area (Å²) in [6.45, 7) is 9.65. The number of halogens is 1. The van der Waals surface area contributed by atoms with Gasteiger partial charge in [-0.2, -0.15) is 9.61 Å². The third-order valence-corrected chi connectivity index (χ3v) is 4.22. The van der Waals surface area contributed by atoms with Gasteiger partial charge in [0.25, 0.3) is 0 Å². The molecule has 28 heavy (non-hydrogen) atoms. The second-order valence-corrected chi connectivity index (χ2v) is 7.56. The number of nitrogens with zero attached hydrogens (tertiary/aromatic N) is 4. The smallest absolute Gasteiger partial charge is 0.420 e. The lowest BCUT2D eigenvalue weighted by Gasteiger charge is -2.29. The molecule has 148 valence electrons. The zero-order valence-electron chi connectivity index (χ0n) is 16.6. The molecule has 0 saturated heterocycles. The van der Waals surface area contributed by atoms with Crippen molar-refractivity contribution < 1.29 is 14.3 Å². The third kappa shape index (κ3) is 4.04. The van der Waals surface area contributed by atoms with Gasteiger partial charge in [-0.25, -0.2) is 14.7 Å². The van der Waals surface area contributed by atoms with Crippen molar-refractivity contribution in [1.29, 1.82) is 0 Å². The van der Waals surface area contributed by atoms with Crippen molar-refractivity contribution in [3.05, 3.63) is 47.2 Å². The molecule has 0 N–H and O–H groups in total. The maximum atomic E-state index is 13.2. The van der Waals surface area contributed by atoms with Gasteiger partial charge in [-0.3, -0.25) is 0 Å². The van der Waals surface area contributed by atoms with E-state index >= 15 is 0 Å². The van der Waals surface area contributed by atoms with Crippen molar-refractivity contribution >= 4 is 34.8 Å². The van der Waals surface area contributed by atoms with E-state index in [4.69, 9.17) is 21.1 Å². The van der Waals surface area contributed by atoms with E-state index in [-0.39, 0.29) is 5.15 Å². The van der Waals surface area contributed by atoms with Crippen LogP contribution in [0.4, 0.5) is 16.3 Å². The molecule has 3 rings (SSSR count). The summed E-state index contributed by atoms with van der Waals surface area (Å²) in [6.07, 6.45) is 1.05. The number of fused-ring (bicyclic) bond motifs is 1.